The number of esters is 2. The maximum atomic E-state index is 11.9. The van der Waals surface area contributed by atoms with Gasteiger partial charge in [-0.1, -0.05) is 18.2 Å². The maximum Gasteiger partial charge on any atom is 0.416 e. The molecule has 0 aliphatic rings. The fourth-order valence-corrected chi connectivity index (χ4v) is 1.28. The minimum atomic E-state index is -0.841. The lowest BCUT2D eigenvalue weighted by atomic mass is 10.3. The molecule has 0 unspecified atom stereocenters. The topological polar surface area (TPSA) is 82.1 Å². The van der Waals surface area contributed by atoms with Crippen LogP contribution in [-0.4, -0.2) is 50.2 Å². The molecule has 0 fully saturated rings. The zero-order valence-corrected chi connectivity index (χ0v) is 11.2. The number of hydrogen-bond donors (Lipinski definition) is 0. The van der Waals surface area contributed by atoms with Crippen molar-refractivity contribution in [3.8, 4) is 5.75 Å². The fourth-order valence-electron chi connectivity index (χ4n) is 1.28. The Morgan fingerprint density at radius 2 is 1.45 bits per heavy atom. The highest BCUT2D eigenvalue weighted by molar-refractivity contribution is 5.83. The number of nitrogens with zero attached hydrogens (tertiary/aromatic N) is 1. The second-order valence-corrected chi connectivity index (χ2v) is 3.69. The number of rotatable bonds is 5. The summed E-state index contributed by atoms with van der Waals surface area (Å²) in [7, 11) is 2.36. The van der Waals surface area contributed by atoms with Crippen LogP contribution in [0.2, 0.25) is 0 Å². The number of amides is 1. The summed E-state index contributed by atoms with van der Waals surface area (Å²) in [5.41, 5.74) is 0. The van der Waals surface area contributed by atoms with Crippen LogP contribution in [0, 0.1) is 0 Å². The van der Waals surface area contributed by atoms with Crippen molar-refractivity contribution in [2.45, 2.75) is 0 Å². The molecule has 0 saturated heterocycles. The molecule has 0 heterocycles. The summed E-state index contributed by atoms with van der Waals surface area (Å²) in [6.07, 6.45) is -0.841. The largest absolute Gasteiger partial charge is 0.468 e. The molecule has 7 nitrogen and oxygen atoms in total. The van der Waals surface area contributed by atoms with E-state index < -0.39 is 31.1 Å². The van der Waals surface area contributed by atoms with Crippen LogP contribution in [-0.2, 0) is 19.1 Å². The zero-order valence-electron chi connectivity index (χ0n) is 11.2. The molecule has 0 aromatic heterocycles. The molecule has 0 N–H and O–H groups in total. The van der Waals surface area contributed by atoms with Gasteiger partial charge in [0.25, 0.3) is 0 Å². The van der Waals surface area contributed by atoms with Crippen LogP contribution in [0.4, 0.5) is 4.79 Å². The first-order valence-corrected chi connectivity index (χ1v) is 5.72. The van der Waals surface area contributed by atoms with E-state index in [9.17, 15) is 14.4 Å². The lowest BCUT2D eigenvalue weighted by Gasteiger charge is -2.19. The van der Waals surface area contributed by atoms with Gasteiger partial charge in [-0.2, -0.15) is 0 Å². The van der Waals surface area contributed by atoms with Gasteiger partial charge in [-0.3, -0.25) is 14.5 Å². The quantitative estimate of drug-likeness (QED) is 0.744. The normalized spacial score (nSPS) is 9.50. The number of benzene rings is 1. The number of hydrogen-bond acceptors (Lipinski definition) is 6. The van der Waals surface area contributed by atoms with Crippen molar-refractivity contribution in [1.82, 2.24) is 4.90 Å². The molecule has 7 heteroatoms. The molecular formula is C13H15NO6. The summed E-state index contributed by atoms with van der Waals surface area (Å²) < 4.78 is 14.0. The summed E-state index contributed by atoms with van der Waals surface area (Å²) in [5.74, 6) is -1.03. The van der Waals surface area contributed by atoms with E-state index in [4.69, 9.17) is 4.74 Å². The third-order valence-electron chi connectivity index (χ3n) is 2.30. The lowest BCUT2D eigenvalue weighted by Crippen LogP contribution is -2.41. The Kier molecular flexibility index (Phi) is 6.02. The van der Waals surface area contributed by atoms with Crippen molar-refractivity contribution in [3.05, 3.63) is 30.3 Å². The first-order chi connectivity index (χ1) is 9.56. The Bertz CT molecular complexity index is 455. The molecule has 1 rings (SSSR count). The number of carbonyl (C=O) groups excluding carboxylic acids is 3. The average molecular weight is 281 g/mol. The summed E-state index contributed by atoms with van der Waals surface area (Å²) in [5, 5.41) is 0. The summed E-state index contributed by atoms with van der Waals surface area (Å²) in [4.78, 5) is 35.2. The molecular weight excluding hydrogens is 266 g/mol. The van der Waals surface area contributed by atoms with Crippen molar-refractivity contribution in [1.29, 1.82) is 0 Å². The van der Waals surface area contributed by atoms with Gasteiger partial charge in [0.1, 0.15) is 18.8 Å². The van der Waals surface area contributed by atoms with Crippen LogP contribution in [0.1, 0.15) is 0 Å². The van der Waals surface area contributed by atoms with Gasteiger partial charge in [-0.15, -0.1) is 0 Å². The Balaban J connectivity index is 2.72. The van der Waals surface area contributed by atoms with Crippen LogP contribution < -0.4 is 4.74 Å². The lowest BCUT2D eigenvalue weighted by molar-refractivity contribution is -0.144. The molecule has 0 radical (unpaired) electrons. The molecule has 0 bridgehead atoms. The highest BCUT2D eigenvalue weighted by Gasteiger charge is 2.22. The van der Waals surface area contributed by atoms with E-state index in [1.54, 1.807) is 30.3 Å². The van der Waals surface area contributed by atoms with Crippen LogP contribution in [0.3, 0.4) is 0 Å². The van der Waals surface area contributed by atoms with Crippen LogP contribution in [0.15, 0.2) is 30.3 Å². The van der Waals surface area contributed by atoms with Crippen molar-refractivity contribution < 1.29 is 28.6 Å². The second kappa shape index (κ2) is 7.78. The Morgan fingerprint density at radius 3 is 1.90 bits per heavy atom. The molecule has 1 aromatic carbocycles. The van der Waals surface area contributed by atoms with Crippen molar-refractivity contribution in [2.75, 3.05) is 27.3 Å². The van der Waals surface area contributed by atoms with Gasteiger partial charge in [-0.05, 0) is 12.1 Å². The van der Waals surface area contributed by atoms with Crippen molar-refractivity contribution in [3.63, 3.8) is 0 Å². The second-order valence-electron chi connectivity index (χ2n) is 3.69. The smallest absolute Gasteiger partial charge is 0.416 e. The van der Waals surface area contributed by atoms with E-state index in [-0.39, 0.29) is 0 Å². The van der Waals surface area contributed by atoms with Gasteiger partial charge < -0.3 is 14.2 Å². The predicted molar refractivity (Wildman–Crippen MR) is 68.1 cm³/mol. The van der Waals surface area contributed by atoms with Gasteiger partial charge >= 0.3 is 18.0 Å². The van der Waals surface area contributed by atoms with Crippen molar-refractivity contribution >= 4 is 18.0 Å². The van der Waals surface area contributed by atoms with E-state index in [0.717, 1.165) is 4.90 Å². The van der Waals surface area contributed by atoms with Gasteiger partial charge in [0.05, 0.1) is 14.2 Å². The molecule has 1 aromatic rings. The van der Waals surface area contributed by atoms with E-state index in [0.29, 0.717) is 5.75 Å². The Hall–Kier alpha value is -2.57. The molecule has 0 saturated carbocycles. The fraction of sp³-hybridized carbons (Fsp3) is 0.308. The van der Waals surface area contributed by atoms with Crippen molar-refractivity contribution in [2.24, 2.45) is 0 Å². The standard InChI is InChI=1S/C13H15NO6/c1-18-11(15)8-14(9-12(16)19-2)13(17)20-10-6-4-3-5-7-10/h3-7H,8-9H2,1-2H3. The molecule has 0 aliphatic heterocycles. The van der Waals surface area contributed by atoms with Gasteiger partial charge in [-0.25, -0.2) is 4.79 Å². The monoisotopic (exact) mass is 281 g/mol. The number of ether oxygens (including phenoxy) is 3. The van der Waals surface area contributed by atoms with E-state index in [2.05, 4.69) is 9.47 Å². The summed E-state index contributed by atoms with van der Waals surface area (Å²) >= 11 is 0. The zero-order chi connectivity index (χ0) is 15.0. The SMILES string of the molecule is COC(=O)CN(CC(=O)OC)C(=O)Oc1ccccc1. The highest BCUT2D eigenvalue weighted by Crippen LogP contribution is 2.10. The first-order valence-electron chi connectivity index (χ1n) is 5.72. The number of para-hydroxylation sites is 1. The van der Waals surface area contributed by atoms with E-state index >= 15 is 0 Å². The van der Waals surface area contributed by atoms with Gasteiger partial charge in [0.2, 0.25) is 0 Å². The minimum absolute atomic E-state index is 0.303. The summed E-state index contributed by atoms with van der Waals surface area (Å²) in [6.45, 7) is -0.811. The third kappa shape index (κ3) is 4.97. The average Bonchev–Trinajstić information content (AvgIpc) is 2.47. The van der Waals surface area contributed by atoms with Crippen LogP contribution >= 0.6 is 0 Å². The third-order valence-corrected chi connectivity index (χ3v) is 2.30. The maximum absolute atomic E-state index is 11.9. The molecule has 108 valence electrons. The molecule has 0 aliphatic carbocycles. The van der Waals surface area contributed by atoms with E-state index in [1.165, 1.54) is 14.2 Å². The van der Waals surface area contributed by atoms with Crippen LogP contribution in [0.25, 0.3) is 0 Å². The van der Waals surface area contributed by atoms with E-state index in [1.807, 2.05) is 0 Å². The first kappa shape index (κ1) is 15.5. The molecule has 0 spiro atoms. The minimum Gasteiger partial charge on any atom is -0.468 e. The molecule has 20 heavy (non-hydrogen) atoms. The predicted octanol–water partition coefficient (Wildman–Crippen LogP) is 0.833. The summed E-state index contributed by atoms with van der Waals surface area (Å²) in [6, 6.07) is 8.29. The Morgan fingerprint density at radius 1 is 0.950 bits per heavy atom. The Labute approximate surface area is 116 Å². The van der Waals surface area contributed by atoms with Gasteiger partial charge in [0.15, 0.2) is 0 Å². The highest BCUT2D eigenvalue weighted by atomic mass is 16.6. The van der Waals surface area contributed by atoms with Crippen LogP contribution in [0.5, 0.6) is 5.75 Å². The molecule has 1 amide bonds. The number of carbonyl (C=O) groups is 3. The van der Waals surface area contributed by atoms with Gasteiger partial charge in [0, 0.05) is 0 Å². The number of methoxy groups -OCH3 is 2. The molecule has 0 atom stereocenters.